The molecule has 0 radical (unpaired) electrons. The van der Waals surface area contributed by atoms with Crippen molar-refractivity contribution in [3.8, 4) is 0 Å². The highest BCUT2D eigenvalue weighted by molar-refractivity contribution is 6.42. The highest BCUT2D eigenvalue weighted by atomic mass is 35.5. The summed E-state index contributed by atoms with van der Waals surface area (Å²) in [5, 5.41) is 16.3. The zero-order valence-corrected chi connectivity index (χ0v) is 15.0. The van der Waals surface area contributed by atoms with Gasteiger partial charge >= 0.3 is 0 Å². The van der Waals surface area contributed by atoms with Crippen molar-refractivity contribution in [3.05, 3.63) is 49.6 Å². The topological polar surface area (TPSA) is 63.8 Å². The van der Waals surface area contributed by atoms with Gasteiger partial charge < -0.3 is 5.11 Å². The number of halogens is 4. The lowest BCUT2D eigenvalue weighted by Gasteiger charge is -2.14. The van der Waals surface area contributed by atoms with Gasteiger partial charge in [-0.2, -0.15) is 5.10 Å². The number of nitrogens with zero attached hydrogens (tertiary/aromatic N) is 4. The van der Waals surface area contributed by atoms with Crippen LogP contribution in [0.25, 0.3) is 10.9 Å². The molecule has 1 N–H and O–H groups in total. The molecular formula is C14H10Cl4N4O. The standard InChI is InChI=1S/C14H10Cl4N4O/c1-5-12(16)20-13(17)10(19-5)11(23)6-3-4-7-8(9(6)15)14(18)22(2)21-7/h3-4,11,23H,1-2H3. The molecule has 0 saturated heterocycles. The van der Waals surface area contributed by atoms with E-state index < -0.39 is 6.10 Å². The number of aliphatic hydroxyl groups excluding tert-OH is 1. The maximum Gasteiger partial charge on any atom is 0.155 e. The minimum atomic E-state index is -1.17. The first-order valence-corrected chi connectivity index (χ1v) is 8.00. The van der Waals surface area contributed by atoms with Crippen LogP contribution in [0.3, 0.4) is 0 Å². The Morgan fingerprint density at radius 1 is 1.09 bits per heavy atom. The van der Waals surface area contributed by atoms with E-state index >= 15 is 0 Å². The molecule has 3 aromatic rings. The Labute approximate surface area is 151 Å². The lowest BCUT2D eigenvalue weighted by molar-refractivity contribution is 0.215. The summed E-state index contributed by atoms with van der Waals surface area (Å²) < 4.78 is 1.51. The van der Waals surface area contributed by atoms with Crippen molar-refractivity contribution in [1.82, 2.24) is 19.7 Å². The van der Waals surface area contributed by atoms with Crippen molar-refractivity contribution in [2.24, 2.45) is 7.05 Å². The fourth-order valence-corrected chi connectivity index (χ4v) is 3.29. The van der Waals surface area contributed by atoms with Crippen LogP contribution in [0.5, 0.6) is 0 Å². The summed E-state index contributed by atoms with van der Waals surface area (Å²) in [6, 6.07) is 3.37. The molecular weight excluding hydrogens is 382 g/mol. The van der Waals surface area contributed by atoms with Crippen molar-refractivity contribution < 1.29 is 5.11 Å². The number of aliphatic hydroxyl groups is 1. The third kappa shape index (κ3) is 2.77. The van der Waals surface area contributed by atoms with Gasteiger partial charge in [0.1, 0.15) is 17.0 Å². The normalized spacial score (nSPS) is 12.8. The first-order chi connectivity index (χ1) is 10.8. The van der Waals surface area contributed by atoms with E-state index in [9.17, 15) is 5.11 Å². The van der Waals surface area contributed by atoms with E-state index in [1.54, 1.807) is 26.1 Å². The van der Waals surface area contributed by atoms with Gasteiger partial charge in [0.25, 0.3) is 0 Å². The van der Waals surface area contributed by atoms with Crippen molar-refractivity contribution in [2.45, 2.75) is 13.0 Å². The van der Waals surface area contributed by atoms with Gasteiger partial charge in [-0.15, -0.1) is 0 Å². The second-order valence-electron chi connectivity index (χ2n) is 4.96. The molecule has 0 aliphatic carbocycles. The number of fused-ring (bicyclic) bond motifs is 1. The molecule has 9 heteroatoms. The van der Waals surface area contributed by atoms with Crippen molar-refractivity contribution in [1.29, 1.82) is 0 Å². The number of aromatic nitrogens is 4. The molecule has 0 spiro atoms. The fourth-order valence-electron chi connectivity index (χ4n) is 2.26. The second kappa shape index (κ2) is 6.07. The molecule has 0 bridgehead atoms. The van der Waals surface area contributed by atoms with E-state index in [4.69, 9.17) is 46.4 Å². The first-order valence-electron chi connectivity index (χ1n) is 6.49. The van der Waals surface area contributed by atoms with Crippen LogP contribution in [-0.4, -0.2) is 24.9 Å². The van der Waals surface area contributed by atoms with Crippen molar-refractivity contribution in [2.75, 3.05) is 0 Å². The first kappa shape index (κ1) is 16.7. The highest BCUT2D eigenvalue weighted by Gasteiger charge is 2.23. The van der Waals surface area contributed by atoms with Crippen LogP contribution >= 0.6 is 46.4 Å². The fraction of sp³-hybridized carbons (Fsp3) is 0.214. The summed E-state index contributed by atoms with van der Waals surface area (Å²) in [6.07, 6.45) is -1.17. The Morgan fingerprint density at radius 3 is 2.48 bits per heavy atom. The van der Waals surface area contributed by atoms with Crippen LogP contribution in [-0.2, 0) is 7.05 Å². The largest absolute Gasteiger partial charge is 0.382 e. The van der Waals surface area contributed by atoms with Gasteiger partial charge in [-0.25, -0.2) is 9.97 Å². The zero-order valence-electron chi connectivity index (χ0n) is 12.0. The Bertz CT molecular complexity index is 925. The molecule has 0 aliphatic heterocycles. The van der Waals surface area contributed by atoms with Gasteiger partial charge in [-0.3, -0.25) is 4.68 Å². The van der Waals surface area contributed by atoms with Crippen LogP contribution < -0.4 is 0 Å². The predicted molar refractivity (Wildman–Crippen MR) is 91.6 cm³/mol. The SMILES string of the molecule is Cc1nc(C(O)c2ccc3nn(C)c(Cl)c3c2Cl)c(Cl)nc1Cl. The smallest absolute Gasteiger partial charge is 0.155 e. The van der Waals surface area contributed by atoms with Crippen LogP contribution in [0, 0.1) is 6.92 Å². The van der Waals surface area contributed by atoms with Crippen molar-refractivity contribution >= 4 is 57.3 Å². The Balaban J connectivity index is 2.18. The molecule has 2 heterocycles. The van der Waals surface area contributed by atoms with Gasteiger partial charge in [0.05, 0.1) is 21.6 Å². The average Bonchev–Trinajstić information content (AvgIpc) is 2.78. The molecule has 5 nitrogen and oxygen atoms in total. The summed E-state index contributed by atoms with van der Waals surface area (Å²) in [5.41, 5.74) is 1.67. The second-order valence-corrected chi connectivity index (χ2v) is 6.41. The third-order valence-electron chi connectivity index (χ3n) is 3.45. The van der Waals surface area contributed by atoms with Crippen LogP contribution in [0.4, 0.5) is 0 Å². The van der Waals surface area contributed by atoms with Gasteiger partial charge in [-0.1, -0.05) is 52.5 Å². The van der Waals surface area contributed by atoms with E-state index in [-0.39, 0.29) is 16.0 Å². The Hall–Kier alpha value is -1.11. The molecule has 0 aliphatic rings. The molecule has 120 valence electrons. The zero-order chi connectivity index (χ0) is 16.9. The number of hydrogen-bond donors (Lipinski definition) is 1. The average molecular weight is 392 g/mol. The van der Waals surface area contributed by atoms with Gasteiger partial charge in [0.2, 0.25) is 0 Å². The minimum Gasteiger partial charge on any atom is -0.382 e. The van der Waals surface area contributed by atoms with Gasteiger partial charge in [0, 0.05) is 12.6 Å². The summed E-state index contributed by atoms with van der Waals surface area (Å²) >= 11 is 24.5. The molecule has 1 aromatic carbocycles. The minimum absolute atomic E-state index is 0.0153. The quantitative estimate of drug-likeness (QED) is 0.704. The summed E-state index contributed by atoms with van der Waals surface area (Å²) in [4.78, 5) is 8.16. The maximum atomic E-state index is 10.6. The molecule has 3 rings (SSSR count). The Morgan fingerprint density at radius 2 is 1.78 bits per heavy atom. The highest BCUT2D eigenvalue weighted by Crippen LogP contribution is 2.38. The molecule has 0 saturated carbocycles. The predicted octanol–water partition coefficient (Wildman–Crippen LogP) is 4.37. The van der Waals surface area contributed by atoms with Crippen LogP contribution in [0.15, 0.2) is 12.1 Å². The lowest BCUT2D eigenvalue weighted by Crippen LogP contribution is -2.07. The molecule has 0 amide bonds. The number of rotatable bonds is 2. The molecule has 1 atom stereocenters. The molecule has 23 heavy (non-hydrogen) atoms. The van der Waals surface area contributed by atoms with Crippen molar-refractivity contribution in [3.63, 3.8) is 0 Å². The van der Waals surface area contributed by atoms with Crippen LogP contribution in [0.2, 0.25) is 20.5 Å². The summed E-state index contributed by atoms with van der Waals surface area (Å²) in [5.74, 6) is 0. The van der Waals surface area contributed by atoms with E-state index in [0.717, 1.165) is 0 Å². The maximum absolute atomic E-state index is 10.6. The molecule has 1 unspecified atom stereocenters. The monoisotopic (exact) mass is 390 g/mol. The molecule has 0 fully saturated rings. The van der Waals surface area contributed by atoms with E-state index in [2.05, 4.69) is 15.1 Å². The van der Waals surface area contributed by atoms with E-state index in [1.165, 1.54) is 4.68 Å². The van der Waals surface area contributed by atoms with E-state index in [1.807, 2.05) is 0 Å². The summed E-state index contributed by atoms with van der Waals surface area (Å²) in [6.45, 7) is 1.67. The number of hydrogen-bond acceptors (Lipinski definition) is 4. The number of aryl methyl sites for hydroxylation is 2. The lowest BCUT2D eigenvalue weighted by atomic mass is 10.0. The van der Waals surface area contributed by atoms with E-state index in [0.29, 0.717) is 32.3 Å². The number of benzene rings is 1. The van der Waals surface area contributed by atoms with Crippen LogP contribution in [0.1, 0.15) is 23.1 Å². The third-order valence-corrected chi connectivity index (χ3v) is 4.92. The van der Waals surface area contributed by atoms with Gasteiger partial charge in [0.15, 0.2) is 10.3 Å². The molecule has 2 aromatic heterocycles. The summed E-state index contributed by atoms with van der Waals surface area (Å²) in [7, 11) is 1.71. The Kier molecular flexibility index (Phi) is 4.42. The van der Waals surface area contributed by atoms with Gasteiger partial charge in [-0.05, 0) is 13.0 Å².